The van der Waals surface area contributed by atoms with E-state index < -0.39 is 0 Å². The first-order valence-corrected chi connectivity index (χ1v) is 3.37. The number of hydrogen-bond acceptors (Lipinski definition) is 2. The van der Waals surface area contributed by atoms with Crippen LogP contribution in [0, 0.1) is 5.92 Å². The van der Waals surface area contributed by atoms with Gasteiger partial charge in [-0.05, 0) is 18.8 Å². The minimum Gasteiger partial charge on any atom is -0.271 e. The van der Waals surface area contributed by atoms with Crippen molar-refractivity contribution in [3.8, 4) is 0 Å². The average Bonchev–Trinajstić information content (AvgIpc) is 2.19. The predicted molar refractivity (Wildman–Crippen MR) is 34.1 cm³/mol. The van der Waals surface area contributed by atoms with Gasteiger partial charge in [-0.25, -0.2) is 0 Å². The highest BCUT2D eigenvalue weighted by molar-refractivity contribution is 4.67. The molecule has 0 heterocycles. The van der Waals surface area contributed by atoms with E-state index in [9.17, 15) is 0 Å². The van der Waals surface area contributed by atoms with Gasteiger partial charge in [0.05, 0.1) is 0 Å². The molecule has 0 atom stereocenters. The third kappa shape index (κ3) is 1.46. The maximum Gasteiger partial charge on any atom is 0.0126 e. The Balaban J connectivity index is 2.06. The number of nitrogens with one attached hydrogen (secondary N) is 1. The van der Waals surface area contributed by atoms with Crippen molar-refractivity contribution in [3.63, 3.8) is 0 Å². The molecule has 1 aliphatic rings. The zero-order valence-corrected chi connectivity index (χ0v) is 5.19. The van der Waals surface area contributed by atoms with Gasteiger partial charge in [0, 0.05) is 6.54 Å². The van der Waals surface area contributed by atoms with Crippen molar-refractivity contribution in [1.82, 2.24) is 5.43 Å². The van der Waals surface area contributed by atoms with Crippen LogP contribution in [0.1, 0.15) is 25.7 Å². The predicted octanol–water partition coefficient (Wildman–Crippen LogP) is 0.640. The van der Waals surface area contributed by atoms with Crippen LogP contribution in [0.5, 0.6) is 0 Å². The van der Waals surface area contributed by atoms with Gasteiger partial charge in [0.2, 0.25) is 0 Å². The van der Waals surface area contributed by atoms with Gasteiger partial charge in [0.1, 0.15) is 0 Å². The monoisotopic (exact) mass is 114 g/mol. The van der Waals surface area contributed by atoms with E-state index >= 15 is 0 Å². The Bertz CT molecular complexity index is 57.5. The van der Waals surface area contributed by atoms with E-state index in [2.05, 4.69) is 5.43 Å². The van der Waals surface area contributed by atoms with E-state index in [0.717, 1.165) is 12.5 Å². The third-order valence-electron chi connectivity index (χ3n) is 1.88. The normalized spacial score (nSPS) is 22.1. The summed E-state index contributed by atoms with van der Waals surface area (Å²) in [6, 6.07) is 0. The summed E-state index contributed by atoms with van der Waals surface area (Å²) < 4.78 is 0. The van der Waals surface area contributed by atoms with Gasteiger partial charge in [-0.1, -0.05) is 12.8 Å². The summed E-state index contributed by atoms with van der Waals surface area (Å²) in [5.74, 6) is 6.03. The molecule has 0 spiro atoms. The van der Waals surface area contributed by atoms with Crippen molar-refractivity contribution < 1.29 is 0 Å². The molecule has 0 aliphatic heterocycles. The standard InChI is InChI=1S/C6H14N2/c7-8-5-6-3-1-2-4-6/h6,8H,1-5,7H2. The van der Waals surface area contributed by atoms with Gasteiger partial charge in [-0.2, -0.15) is 0 Å². The van der Waals surface area contributed by atoms with Crippen LogP contribution >= 0.6 is 0 Å². The first-order chi connectivity index (χ1) is 3.93. The lowest BCUT2D eigenvalue weighted by Gasteiger charge is -2.04. The number of hydrogen-bond donors (Lipinski definition) is 2. The Labute approximate surface area is 50.4 Å². The molecular weight excluding hydrogens is 100 g/mol. The Kier molecular flexibility index (Phi) is 2.30. The molecule has 1 saturated carbocycles. The van der Waals surface area contributed by atoms with E-state index in [1.54, 1.807) is 0 Å². The topological polar surface area (TPSA) is 38.0 Å². The highest BCUT2D eigenvalue weighted by atomic mass is 15.2. The molecule has 1 rings (SSSR count). The molecule has 0 bridgehead atoms. The molecule has 2 heteroatoms. The molecule has 1 fully saturated rings. The molecule has 0 amide bonds. The van der Waals surface area contributed by atoms with Crippen LogP contribution in [0.25, 0.3) is 0 Å². The van der Waals surface area contributed by atoms with Crippen LogP contribution < -0.4 is 11.3 Å². The molecule has 0 aromatic rings. The lowest BCUT2D eigenvalue weighted by Crippen LogP contribution is -2.27. The molecule has 0 saturated heterocycles. The van der Waals surface area contributed by atoms with Crippen molar-refractivity contribution in [2.45, 2.75) is 25.7 Å². The fourth-order valence-corrected chi connectivity index (χ4v) is 1.38. The summed E-state index contributed by atoms with van der Waals surface area (Å²) >= 11 is 0. The minimum absolute atomic E-state index is 0.875. The maximum atomic E-state index is 5.16. The van der Waals surface area contributed by atoms with Crippen LogP contribution in [0.4, 0.5) is 0 Å². The lowest BCUT2D eigenvalue weighted by molar-refractivity contribution is 0.499. The first-order valence-electron chi connectivity index (χ1n) is 3.37. The summed E-state index contributed by atoms with van der Waals surface area (Å²) in [6.07, 6.45) is 5.58. The van der Waals surface area contributed by atoms with E-state index in [4.69, 9.17) is 5.84 Å². The van der Waals surface area contributed by atoms with Crippen molar-refractivity contribution in [1.29, 1.82) is 0 Å². The second kappa shape index (κ2) is 3.05. The number of rotatable bonds is 2. The SMILES string of the molecule is NNCC1CCCC1. The fraction of sp³-hybridized carbons (Fsp3) is 1.00. The molecule has 1 aliphatic carbocycles. The van der Waals surface area contributed by atoms with Crippen molar-refractivity contribution in [3.05, 3.63) is 0 Å². The second-order valence-corrected chi connectivity index (χ2v) is 2.56. The molecule has 3 N–H and O–H groups in total. The summed E-state index contributed by atoms with van der Waals surface area (Å²) in [7, 11) is 0. The molecule has 0 radical (unpaired) electrons. The van der Waals surface area contributed by atoms with E-state index in [1.165, 1.54) is 25.7 Å². The minimum atomic E-state index is 0.875. The van der Waals surface area contributed by atoms with E-state index in [1.807, 2.05) is 0 Å². The Hall–Kier alpha value is -0.0800. The van der Waals surface area contributed by atoms with Crippen LogP contribution in [0.3, 0.4) is 0 Å². The maximum absolute atomic E-state index is 5.16. The van der Waals surface area contributed by atoms with E-state index in [-0.39, 0.29) is 0 Å². The molecular formula is C6H14N2. The van der Waals surface area contributed by atoms with Crippen molar-refractivity contribution >= 4 is 0 Å². The molecule has 0 aromatic heterocycles. The van der Waals surface area contributed by atoms with Crippen LogP contribution in [0.15, 0.2) is 0 Å². The summed E-state index contributed by atoms with van der Waals surface area (Å²) in [5, 5.41) is 0. The Morgan fingerprint density at radius 2 is 2.00 bits per heavy atom. The summed E-state index contributed by atoms with van der Waals surface area (Å²) in [5.41, 5.74) is 2.71. The largest absolute Gasteiger partial charge is 0.271 e. The lowest BCUT2D eigenvalue weighted by atomic mass is 10.1. The van der Waals surface area contributed by atoms with Gasteiger partial charge < -0.3 is 0 Å². The van der Waals surface area contributed by atoms with Gasteiger partial charge >= 0.3 is 0 Å². The van der Waals surface area contributed by atoms with Crippen molar-refractivity contribution in [2.24, 2.45) is 11.8 Å². The average molecular weight is 114 g/mol. The van der Waals surface area contributed by atoms with Gasteiger partial charge in [-0.3, -0.25) is 11.3 Å². The quantitative estimate of drug-likeness (QED) is 0.408. The Morgan fingerprint density at radius 3 is 2.50 bits per heavy atom. The number of nitrogens with two attached hydrogens (primary N) is 1. The molecule has 48 valence electrons. The van der Waals surface area contributed by atoms with Gasteiger partial charge in [0.15, 0.2) is 0 Å². The number of hydrazine groups is 1. The van der Waals surface area contributed by atoms with Crippen LogP contribution in [-0.2, 0) is 0 Å². The zero-order valence-electron chi connectivity index (χ0n) is 5.19. The molecule has 0 unspecified atom stereocenters. The van der Waals surface area contributed by atoms with Crippen LogP contribution in [0.2, 0.25) is 0 Å². The highest BCUT2D eigenvalue weighted by Crippen LogP contribution is 2.23. The van der Waals surface area contributed by atoms with E-state index in [0.29, 0.717) is 0 Å². The molecule has 0 aromatic carbocycles. The van der Waals surface area contributed by atoms with Crippen LogP contribution in [-0.4, -0.2) is 6.54 Å². The zero-order chi connectivity index (χ0) is 5.82. The smallest absolute Gasteiger partial charge is 0.0126 e. The third-order valence-corrected chi connectivity index (χ3v) is 1.88. The summed E-state index contributed by atoms with van der Waals surface area (Å²) in [4.78, 5) is 0. The van der Waals surface area contributed by atoms with Gasteiger partial charge in [0.25, 0.3) is 0 Å². The van der Waals surface area contributed by atoms with Gasteiger partial charge in [-0.15, -0.1) is 0 Å². The Morgan fingerprint density at radius 1 is 1.38 bits per heavy atom. The highest BCUT2D eigenvalue weighted by Gasteiger charge is 2.12. The van der Waals surface area contributed by atoms with Crippen molar-refractivity contribution in [2.75, 3.05) is 6.54 Å². The first kappa shape index (κ1) is 6.05. The molecule has 8 heavy (non-hydrogen) atoms. The second-order valence-electron chi connectivity index (χ2n) is 2.56. The fourth-order valence-electron chi connectivity index (χ4n) is 1.38. The molecule has 2 nitrogen and oxygen atoms in total. The summed E-state index contributed by atoms with van der Waals surface area (Å²) in [6.45, 7) is 1.01.